The Balaban J connectivity index is 3.15. The topological polar surface area (TPSA) is 9.23 Å². The minimum Gasteiger partial charge on any atom is -0.359 e. The molecule has 1 nitrogen and oxygen atoms in total. The van der Waals surface area contributed by atoms with Gasteiger partial charge in [0.25, 0.3) is 0 Å². The van der Waals surface area contributed by atoms with Gasteiger partial charge in [-0.15, -0.1) is 11.8 Å². The lowest BCUT2D eigenvalue weighted by Gasteiger charge is -2.52. The summed E-state index contributed by atoms with van der Waals surface area (Å²) in [5, 5.41) is 2.18. The molecule has 1 rings (SSSR count). The monoisotopic (exact) mass is 214 g/mol. The first-order chi connectivity index (χ1) is 6.21. The Morgan fingerprint density at radius 3 is 1.79 bits per heavy atom. The minimum atomic E-state index is -0.148. The van der Waals surface area contributed by atoms with Crippen molar-refractivity contribution in [3.05, 3.63) is 11.5 Å². The van der Waals surface area contributed by atoms with E-state index >= 15 is 0 Å². The molecule has 0 aliphatic carbocycles. The molecule has 0 bridgehead atoms. The molecule has 0 atom stereocenters. The Hall–Kier alpha value is 0.0500. The standard InChI is InChI=1S/C12H22OS/c1-10(2,3)12(11(4,5)6)7-8-14-9-13-12/h7-8H,9H2,1-6H3. The van der Waals surface area contributed by atoms with E-state index in [1.165, 1.54) is 0 Å². The first-order valence-corrected chi connectivity index (χ1v) is 6.19. The van der Waals surface area contributed by atoms with Gasteiger partial charge in [0.05, 0.1) is 11.5 Å². The molecule has 1 aliphatic rings. The molecule has 0 aromatic carbocycles. The SMILES string of the molecule is CC(C)(C)C1(C(C)(C)C)C=CSCO1. The maximum atomic E-state index is 6.07. The third-order valence-electron chi connectivity index (χ3n) is 2.98. The maximum Gasteiger partial charge on any atom is 0.0977 e. The van der Waals surface area contributed by atoms with Gasteiger partial charge < -0.3 is 4.74 Å². The van der Waals surface area contributed by atoms with Gasteiger partial charge in [0, 0.05) is 0 Å². The van der Waals surface area contributed by atoms with Crippen LogP contribution in [0.2, 0.25) is 0 Å². The molecule has 0 spiro atoms. The van der Waals surface area contributed by atoms with Gasteiger partial charge in [-0.3, -0.25) is 0 Å². The summed E-state index contributed by atoms with van der Waals surface area (Å²) < 4.78 is 6.07. The number of hydrogen-bond donors (Lipinski definition) is 0. The molecule has 82 valence electrons. The lowest BCUT2D eigenvalue weighted by molar-refractivity contribution is -0.131. The summed E-state index contributed by atoms with van der Waals surface area (Å²) in [6.07, 6.45) is 2.24. The zero-order valence-corrected chi connectivity index (χ0v) is 11.0. The Kier molecular flexibility index (Phi) is 3.09. The van der Waals surface area contributed by atoms with Crippen LogP contribution in [-0.4, -0.2) is 11.5 Å². The van der Waals surface area contributed by atoms with Crippen molar-refractivity contribution < 1.29 is 4.74 Å². The third kappa shape index (κ3) is 1.87. The number of ether oxygens (including phenoxy) is 1. The Labute approximate surface area is 92.3 Å². The van der Waals surface area contributed by atoms with E-state index in [-0.39, 0.29) is 16.4 Å². The second-order valence-corrected chi connectivity index (χ2v) is 6.81. The summed E-state index contributed by atoms with van der Waals surface area (Å²) in [5.74, 6) is 0.769. The van der Waals surface area contributed by atoms with Gasteiger partial charge in [0.1, 0.15) is 0 Å². The normalized spacial score (nSPS) is 22.4. The average molecular weight is 214 g/mol. The number of rotatable bonds is 0. The van der Waals surface area contributed by atoms with E-state index in [4.69, 9.17) is 4.74 Å². The van der Waals surface area contributed by atoms with Crippen LogP contribution in [0.3, 0.4) is 0 Å². The second-order valence-electron chi connectivity index (χ2n) is 5.97. The summed E-state index contributed by atoms with van der Waals surface area (Å²) in [6, 6.07) is 0. The molecule has 0 saturated carbocycles. The molecule has 0 radical (unpaired) electrons. The molecule has 14 heavy (non-hydrogen) atoms. The number of thioether (sulfide) groups is 1. The predicted molar refractivity (Wildman–Crippen MR) is 64.3 cm³/mol. The van der Waals surface area contributed by atoms with Crippen molar-refractivity contribution in [2.75, 3.05) is 5.94 Å². The van der Waals surface area contributed by atoms with Crippen LogP contribution in [0.4, 0.5) is 0 Å². The predicted octanol–water partition coefficient (Wildman–Crippen LogP) is 4.05. The minimum absolute atomic E-state index is 0.128. The van der Waals surface area contributed by atoms with Gasteiger partial charge in [0.2, 0.25) is 0 Å². The maximum absolute atomic E-state index is 6.07. The van der Waals surface area contributed by atoms with Crippen molar-refractivity contribution >= 4 is 11.8 Å². The molecule has 1 aliphatic heterocycles. The highest BCUT2D eigenvalue weighted by Gasteiger charge is 2.50. The Morgan fingerprint density at radius 1 is 1.07 bits per heavy atom. The summed E-state index contributed by atoms with van der Waals surface area (Å²) in [5.41, 5.74) is 0.108. The highest BCUT2D eigenvalue weighted by molar-refractivity contribution is 8.02. The molecule has 1 heterocycles. The molecular weight excluding hydrogens is 192 g/mol. The fourth-order valence-electron chi connectivity index (χ4n) is 2.42. The van der Waals surface area contributed by atoms with Crippen LogP contribution in [-0.2, 0) is 4.74 Å². The largest absolute Gasteiger partial charge is 0.359 e. The van der Waals surface area contributed by atoms with Crippen LogP contribution in [0.5, 0.6) is 0 Å². The molecular formula is C12H22OS. The first kappa shape index (κ1) is 12.1. The van der Waals surface area contributed by atoms with Crippen molar-refractivity contribution in [2.24, 2.45) is 10.8 Å². The van der Waals surface area contributed by atoms with Gasteiger partial charge in [-0.2, -0.15) is 0 Å². The number of hydrogen-bond acceptors (Lipinski definition) is 2. The van der Waals surface area contributed by atoms with E-state index in [0.717, 1.165) is 5.94 Å². The molecule has 0 aromatic heterocycles. The van der Waals surface area contributed by atoms with Crippen LogP contribution in [0.15, 0.2) is 11.5 Å². The van der Waals surface area contributed by atoms with E-state index in [0.29, 0.717) is 0 Å². The van der Waals surface area contributed by atoms with Crippen molar-refractivity contribution in [2.45, 2.75) is 47.1 Å². The zero-order valence-electron chi connectivity index (χ0n) is 10.2. The highest BCUT2D eigenvalue weighted by atomic mass is 32.2. The zero-order chi connectivity index (χ0) is 11.0. The average Bonchev–Trinajstić information content (AvgIpc) is 2.02. The molecule has 0 amide bonds. The fraction of sp³-hybridized carbons (Fsp3) is 0.833. The summed E-state index contributed by atoms with van der Waals surface area (Å²) in [6.45, 7) is 13.5. The molecule has 0 saturated heterocycles. The summed E-state index contributed by atoms with van der Waals surface area (Å²) >= 11 is 1.73. The summed E-state index contributed by atoms with van der Waals surface area (Å²) in [4.78, 5) is 0. The van der Waals surface area contributed by atoms with Gasteiger partial charge in [-0.05, 0) is 22.3 Å². The lowest BCUT2D eigenvalue weighted by Crippen LogP contribution is -2.54. The van der Waals surface area contributed by atoms with Crippen molar-refractivity contribution in [1.82, 2.24) is 0 Å². The highest BCUT2D eigenvalue weighted by Crippen LogP contribution is 2.50. The van der Waals surface area contributed by atoms with Crippen LogP contribution in [0, 0.1) is 10.8 Å². The van der Waals surface area contributed by atoms with E-state index in [1.807, 2.05) is 0 Å². The summed E-state index contributed by atoms with van der Waals surface area (Å²) in [7, 11) is 0. The molecule has 2 heteroatoms. The van der Waals surface area contributed by atoms with E-state index in [1.54, 1.807) is 11.8 Å². The Morgan fingerprint density at radius 2 is 1.57 bits per heavy atom. The van der Waals surface area contributed by atoms with Crippen molar-refractivity contribution in [3.63, 3.8) is 0 Å². The molecule has 0 aromatic rings. The molecule has 0 N–H and O–H groups in total. The van der Waals surface area contributed by atoms with E-state index in [2.05, 4.69) is 53.0 Å². The Bertz CT molecular complexity index is 216. The lowest BCUT2D eigenvalue weighted by atomic mass is 9.62. The van der Waals surface area contributed by atoms with Crippen LogP contribution in [0.25, 0.3) is 0 Å². The fourth-order valence-corrected chi connectivity index (χ4v) is 3.04. The van der Waals surface area contributed by atoms with Gasteiger partial charge in [0.15, 0.2) is 0 Å². The molecule has 0 fully saturated rings. The van der Waals surface area contributed by atoms with Crippen LogP contribution < -0.4 is 0 Å². The third-order valence-corrected chi connectivity index (χ3v) is 3.56. The smallest absolute Gasteiger partial charge is 0.0977 e. The van der Waals surface area contributed by atoms with Gasteiger partial charge >= 0.3 is 0 Å². The van der Waals surface area contributed by atoms with Crippen molar-refractivity contribution in [3.8, 4) is 0 Å². The van der Waals surface area contributed by atoms with E-state index in [9.17, 15) is 0 Å². The van der Waals surface area contributed by atoms with Gasteiger partial charge in [-0.1, -0.05) is 41.5 Å². The van der Waals surface area contributed by atoms with E-state index < -0.39 is 0 Å². The van der Waals surface area contributed by atoms with Gasteiger partial charge in [-0.25, -0.2) is 0 Å². The van der Waals surface area contributed by atoms with Crippen molar-refractivity contribution in [1.29, 1.82) is 0 Å². The van der Waals surface area contributed by atoms with Crippen LogP contribution in [0.1, 0.15) is 41.5 Å². The van der Waals surface area contributed by atoms with Crippen LogP contribution >= 0.6 is 11.8 Å². The molecule has 0 unspecified atom stereocenters. The first-order valence-electron chi connectivity index (χ1n) is 5.14. The quantitative estimate of drug-likeness (QED) is 0.601. The second kappa shape index (κ2) is 3.57.